The van der Waals surface area contributed by atoms with Gasteiger partial charge < -0.3 is 16.7 Å². The van der Waals surface area contributed by atoms with E-state index in [2.05, 4.69) is 0 Å². The van der Waals surface area contributed by atoms with Crippen LogP contribution in [0.5, 0.6) is 0 Å². The van der Waals surface area contributed by atoms with Gasteiger partial charge in [0.25, 0.3) is 0 Å². The van der Waals surface area contributed by atoms with Gasteiger partial charge in [0.15, 0.2) is 0 Å². The van der Waals surface area contributed by atoms with Gasteiger partial charge in [-0.1, -0.05) is 0 Å². The van der Waals surface area contributed by atoms with E-state index in [1.165, 1.54) is 0 Å². The molecular formula is C6H13NaO4. The fourth-order valence-corrected chi connectivity index (χ4v) is 0.568. The molecule has 0 bridgehead atoms. The molecule has 62 valence electrons. The van der Waals surface area contributed by atoms with Crippen molar-refractivity contribution in [1.82, 2.24) is 0 Å². The molecule has 0 aromatic rings. The Labute approximate surface area is 89.0 Å². The van der Waals surface area contributed by atoms with Crippen molar-refractivity contribution < 1.29 is 51.1 Å². The van der Waals surface area contributed by atoms with E-state index in [1.54, 1.807) is 0 Å². The zero-order chi connectivity index (χ0) is 7.98. The number of carboxylic acid groups (broad SMARTS) is 1. The largest absolute Gasteiger partial charge is 1.00 e. The first-order chi connectivity index (χ1) is 4.70. The van der Waals surface area contributed by atoms with Crippen molar-refractivity contribution in [2.24, 2.45) is 5.92 Å². The van der Waals surface area contributed by atoms with Crippen LogP contribution in [-0.2, 0) is 4.79 Å². The van der Waals surface area contributed by atoms with Gasteiger partial charge in [-0.25, -0.2) is 0 Å². The fraction of sp³-hybridized carbons (Fsp3) is 0.833. The van der Waals surface area contributed by atoms with Crippen LogP contribution in [0.4, 0.5) is 0 Å². The van der Waals surface area contributed by atoms with Crippen LogP contribution in [0, 0.1) is 5.92 Å². The van der Waals surface area contributed by atoms with Gasteiger partial charge in [0, 0.05) is 25.6 Å². The van der Waals surface area contributed by atoms with Crippen LogP contribution in [0.2, 0.25) is 0 Å². The molecule has 0 aliphatic heterocycles. The zero-order valence-corrected chi connectivity index (χ0v) is 8.66. The third kappa shape index (κ3) is 8.29. The van der Waals surface area contributed by atoms with Crippen molar-refractivity contribution >= 4 is 5.97 Å². The molecule has 0 fully saturated rings. The Kier molecular flexibility index (Phi) is 10.8. The molecule has 0 unspecified atom stereocenters. The Bertz CT molecular complexity index is 108. The molecule has 0 aromatic heterocycles. The normalized spacial score (nSPS) is 9.36. The maximum Gasteiger partial charge on any atom is 1.00 e. The quantitative estimate of drug-likeness (QED) is 0.377. The molecule has 0 saturated carbocycles. The van der Waals surface area contributed by atoms with Gasteiger partial charge in [0.2, 0.25) is 0 Å². The Morgan fingerprint density at radius 2 is 1.82 bits per heavy atom. The van der Waals surface area contributed by atoms with Gasteiger partial charge in [-0.3, -0.25) is 4.79 Å². The minimum absolute atomic E-state index is 0. The van der Waals surface area contributed by atoms with Gasteiger partial charge in [0.05, 0.1) is 0 Å². The first-order valence-corrected chi connectivity index (χ1v) is 3.14. The summed E-state index contributed by atoms with van der Waals surface area (Å²) in [5.74, 6) is -1.18. The summed E-state index contributed by atoms with van der Waals surface area (Å²) in [6.45, 7) is -0.298. The van der Waals surface area contributed by atoms with Gasteiger partial charge in [-0.2, -0.15) is 0 Å². The number of hydrogen-bond acceptors (Lipinski definition) is 3. The minimum Gasteiger partial charge on any atom is -1.00 e. The van der Waals surface area contributed by atoms with E-state index < -0.39 is 5.97 Å². The third-order valence-electron chi connectivity index (χ3n) is 1.28. The number of carboxylic acids is 1. The number of aliphatic hydroxyl groups is 2. The molecule has 3 N–H and O–H groups in total. The van der Waals surface area contributed by atoms with Crippen molar-refractivity contribution in [2.45, 2.75) is 12.8 Å². The van der Waals surface area contributed by atoms with Gasteiger partial charge >= 0.3 is 35.5 Å². The summed E-state index contributed by atoms with van der Waals surface area (Å²) in [5, 5.41) is 25.2. The zero-order valence-electron chi connectivity index (χ0n) is 7.66. The van der Waals surface area contributed by atoms with E-state index in [0.29, 0.717) is 6.42 Å². The first kappa shape index (κ1) is 13.9. The number of aliphatic hydroxyl groups excluding tert-OH is 2. The summed E-state index contributed by atoms with van der Waals surface area (Å²) in [6, 6.07) is 0. The molecule has 0 aromatic carbocycles. The van der Waals surface area contributed by atoms with Gasteiger partial charge in [0.1, 0.15) is 0 Å². The molecule has 0 aliphatic rings. The fourth-order valence-electron chi connectivity index (χ4n) is 0.568. The monoisotopic (exact) mass is 172 g/mol. The number of hydrogen-bond donors (Lipinski definition) is 3. The summed E-state index contributed by atoms with van der Waals surface area (Å²) in [4.78, 5) is 9.97. The van der Waals surface area contributed by atoms with Crippen LogP contribution in [0.1, 0.15) is 14.3 Å². The summed E-state index contributed by atoms with van der Waals surface area (Å²) >= 11 is 0. The summed E-state index contributed by atoms with van der Waals surface area (Å²) < 4.78 is 0. The van der Waals surface area contributed by atoms with Gasteiger partial charge in [-0.15, -0.1) is 0 Å². The topological polar surface area (TPSA) is 77.8 Å². The van der Waals surface area contributed by atoms with Crippen LogP contribution < -0.4 is 29.6 Å². The van der Waals surface area contributed by atoms with Crippen molar-refractivity contribution in [3.8, 4) is 0 Å². The molecule has 11 heavy (non-hydrogen) atoms. The molecule has 0 heterocycles. The summed E-state index contributed by atoms with van der Waals surface area (Å²) in [6.07, 6.45) is 0.341. The molecule has 0 saturated heterocycles. The van der Waals surface area contributed by atoms with Crippen molar-refractivity contribution in [2.75, 3.05) is 13.2 Å². The maximum atomic E-state index is 9.97. The Hall–Kier alpha value is 0.390. The molecule has 0 spiro atoms. The van der Waals surface area contributed by atoms with Crippen molar-refractivity contribution in [3.63, 3.8) is 0 Å². The van der Waals surface area contributed by atoms with E-state index in [0.717, 1.165) is 0 Å². The molecule has 4 nitrogen and oxygen atoms in total. The summed E-state index contributed by atoms with van der Waals surface area (Å²) in [5.41, 5.74) is 0. The predicted molar refractivity (Wildman–Crippen MR) is 35.6 cm³/mol. The molecular weight excluding hydrogens is 159 g/mol. The Morgan fingerprint density at radius 1 is 1.36 bits per heavy atom. The molecule has 5 heteroatoms. The average molecular weight is 172 g/mol. The Balaban J connectivity index is -0.000000405. The molecule has 0 atom stereocenters. The second kappa shape index (κ2) is 8.49. The molecule has 0 amide bonds. The first-order valence-electron chi connectivity index (χ1n) is 3.14. The second-order valence-electron chi connectivity index (χ2n) is 2.16. The Morgan fingerprint density at radius 3 is 2.09 bits per heavy atom. The van der Waals surface area contributed by atoms with Gasteiger partial charge in [-0.05, 0) is 6.42 Å². The van der Waals surface area contributed by atoms with Crippen molar-refractivity contribution in [1.29, 1.82) is 0 Å². The average Bonchev–Trinajstić information content (AvgIpc) is 1.90. The SMILES string of the molecule is O=C(O)CCC(CO)CO.[H-].[Na+]. The van der Waals surface area contributed by atoms with Crippen LogP contribution in [0.25, 0.3) is 0 Å². The number of rotatable bonds is 5. The van der Waals surface area contributed by atoms with Crippen molar-refractivity contribution in [3.05, 3.63) is 0 Å². The summed E-state index contributed by atoms with van der Waals surface area (Å²) in [7, 11) is 0. The third-order valence-corrected chi connectivity index (χ3v) is 1.28. The van der Waals surface area contributed by atoms with Crippen LogP contribution in [0.3, 0.4) is 0 Å². The molecule has 0 aliphatic carbocycles. The van der Waals surface area contributed by atoms with E-state index >= 15 is 0 Å². The standard InChI is InChI=1S/C6H12O4.Na.H/c7-3-5(4-8)1-2-6(9)10;;/h5,7-8H,1-4H2,(H,9,10);;/q;+1;-1. The number of carbonyl (C=O) groups is 1. The maximum absolute atomic E-state index is 9.97. The van der Waals surface area contributed by atoms with Crippen LogP contribution in [-0.4, -0.2) is 34.5 Å². The van der Waals surface area contributed by atoms with E-state index in [9.17, 15) is 4.79 Å². The predicted octanol–water partition coefficient (Wildman–Crippen LogP) is -3.43. The van der Waals surface area contributed by atoms with Crippen LogP contribution >= 0.6 is 0 Å². The molecule has 0 radical (unpaired) electrons. The number of aliphatic carboxylic acids is 1. The second-order valence-corrected chi connectivity index (χ2v) is 2.16. The minimum atomic E-state index is -0.896. The van der Waals surface area contributed by atoms with E-state index in [4.69, 9.17) is 15.3 Å². The van der Waals surface area contributed by atoms with E-state index in [-0.39, 0.29) is 56.5 Å². The molecule has 0 rings (SSSR count). The van der Waals surface area contributed by atoms with Crippen LogP contribution in [0.15, 0.2) is 0 Å². The van der Waals surface area contributed by atoms with E-state index in [1.807, 2.05) is 0 Å². The smallest absolute Gasteiger partial charge is 1.00 e.